The van der Waals surface area contributed by atoms with Crippen molar-refractivity contribution >= 4 is 11.6 Å². The minimum Gasteiger partial charge on any atom is -0.350 e. The second-order valence-electron chi connectivity index (χ2n) is 6.78. The summed E-state index contributed by atoms with van der Waals surface area (Å²) in [4.78, 5) is 16.8. The quantitative estimate of drug-likeness (QED) is 0.718. The lowest BCUT2D eigenvalue weighted by molar-refractivity contribution is -0.120. The second kappa shape index (κ2) is 6.70. The fraction of sp³-hybridized carbons (Fsp3) is 0.421. The van der Waals surface area contributed by atoms with Crippen molar-refractivity contribution in [3.63, 3.8) is 0 Å². The number of carbonyl (C=O) groups is 1. The molecule has 0 aromatic carbocycles. The Bertz CT molecular complexity index is 908. The third-order valence-corrected chi connectivity index (χ3v) is 4.99. The van der Waals surface area contributed by atoms with Crippen molar-refractivity contribution in [1.29, 1.82) is 0 Å². The maximum absolute atomic E-state index is 12.4. The number of nitrogens with one attached hydrogen (secondary N) is 2. The van der Waals surface area contributed by atoms with Crippen LogP contribution < -0.4 is 5.32 Å². The van der Waals surface area contributed by atoms with Crippen LogP contribution in [0.4, 0.5) is 0 Å². The van der Waals surface area contributed by atoms with E-state index < -0.39 is 0 Å². The van der Waals surface area contributed by atoms with Crippen molar-refractivity contribution in [2.24, 2.45) is 0 Å². The summed E-state index contributed by atoms with van der Waals surface area (Å²) in [5.74, 6) is -0.00585. The zero-order chi connectivity index (χ0) is 17.2. The Morgan fingerprint density at radius 1 is 1.32 bits per heavy atom. The molecule has 3 heterocycles. The van der Waals surface area contributed by atoms with Gasteiger partial charge in [-0.05, 0) is 49.8 Å². The molecule has 0 saturated carbocycles. The minimum atomic E-state index is -0.00585. The zero-order valence-corrected chi connectivity index (χ0v) is 14.5. The Kier molecular flexibility index (Phi) is 4.26. The molecule has 0 radical (unpaired) electrons. The minimum absolute atomic E-state index is 0.00585. The molecule has 1 amide bonds. The molecule has 0 saturated heterocycles. The number of amides is 1. The molecule has 130 valence electrons. The standard InChI is InChI=1S/C19H23N5O/c1-13-6-5-9-24-14(11-21-19(13)24)10-18(25)20-12-17-15-7-3-2-4-8-16(15)22-23-17/h5-6,9,11H,2-4,7-8,10,12H2,1H3,(H,20,25)(H,22,23). The topological polar surface area (TPSA) is 75.1 Å². The summed E-state index contributed by atoms with van der Waals surface area (Å²) in [6, 6.07) is 4.00. The summed E-state index contributed by atoms with van der Waals surface area (Å²) in [5, 5.41) is 10.6. The number of aromatic nitrogens is 4. The van der Waals surface area contributed by atoms with Crippen LogP contribution in [-0.2, 0) is 30.6 Å². The van der Waals surface area contributed by atoms with Gasteiger partial charge in [-0.15, -0.1) is 0 Å². The number of H-pyrrole nitrogens is 1. The van der Waals surface area contributed by atoms with E-state index in [1.807, 2.05) is 29.7 Å². The molecule has 3 aromatic rings. The van der Waals surface area contributed by atoms with Crippen LogP contribution in [0.3, 0.4) is 0 Å². The number of hydrogen-bond donors (Lipinski definition) is 2. The molecule has 3 aromatic heterocycles. The van der Waals surface area contributed by atoms with E-state index in [2.05, 4.69) is 20.5 Å². The lowest BCUT2D eigenvalue weighted by Crippen LogP contribution is -2.25. The fourth-order valence-corrected chi connectivity index (χ4v) is 3.61. The SMILES string of the molecule is Cc1cccn2c(CC(=O)NCc3n[nH]c4c3CCCCC4)cnc12. The number of carbonyl (C=O) groups excluding carboxylic acids is 1. The van der Waals surface area contributed by atoms with Crippen LogP contribution in [0.25, 0.3) is 5.65 Å². The summed E-state index contributed by atoms with van der Waals surface area (Å²) in [6.45, 7) is 2.51. The highest BCUT2D eigenvalue weighted by atomic mass is 16.1. The van der Waals surface area contributed by atoms with Gasteiger partial charge < -0.3 is 9.72 Å². The van der Waals surface area contributed by atoms with Crippen LogP contribution in [0.5, 0.6) is 0 Å². The Morgan fingerprint density at radius 3 is 3.12 bits per heavy atom. The highest BCUT2D eigenvalue weighted by molar-refractivity contribution is 5.78. The first-order valence-corrected chi connectivity index (χ1v) is 8.95. The van der Waals surface area contributed by atoms with Gasteiger partial charge in [-0.1, -0.05) is 12.5 Å². The number of rotatable bonds is 4. The highest BCUT2D eigenvalue weighted by Gasteiger charge is 2.16. The van der Waals surface area contributed by atoms with Crippen LogP contribution in [0, 0.1) is 6.92 Å². The molecule has 1 aliphatic rings. The zero-order valence-electron chi connectivity index (χ0n) is 14.5. The van der Waals surface area contributed by atoms with E-state index >= 15 is 0 Å². The van der Waals surface area contributed by atoms with Crippen molar-refractivity contribution < 1.29 is 4.79 Å². The number of hydrogen-bond acceptors (Lipinski definition) is 3. The number of fused-ring (bicyclic) bond motifs is 2. The van der Waals surface area contributed by atoms with Gasteiger partial charge in [0, 0.05) is 18.1 Å². The number of pyridine rings is 1. The fourth-order valence-electron chi connectivity index (χ4n) is 3.61. The smallest absolute Gasteiger partial charge is 0.226 e. The van der Waals surface area contributed by atoms with Crippen LogP contribution in [0.15, 0.2) is 24.5 Å². The molecule has 0 atom stereocenters. The van der Waals surface area contributed by atoms with E-state index in [1.165, 1.54) is 30.5 Å². The van der Waals surface area contributed by atoms with Gasteiger partial charge in [-0.2, -0.15) is 5.10 Å². The van der Waals surface area contributed by atoms with Crippen LogP contribution in [0.2, 0.25) is 0 Å². The monoisotopic (exact) mass is 337 g/mol. The Morgan fingerprint density at radius 2 is 2.20 bits per heavy atom. The van der Waals surface area contributed by atoms with Gasteiger partial charge in [0.25, 0.3) is 0 Å². The van der Waals surface area contributed by atoms with E-state index in [-0.39, 0.29) is 5.91 Å². The summed E-state index contributed by atoms with van der Waals surface area (Å²) in [6.07, 6.45) is 9.86. The van der Waals surface area contributed by atoms with Gasteiger partial charge >= 0.3 is 0 Å². The van der Waals surface area contributed by atoms with E-state index in [4.69, 9.17) is 0 Å². The Labute approximate surface area is 146 Å². The maximum Gasteiger partial charge on any atom is 0.226 e. The predicted octanol–water partition coefficient (Wildman–Crippen LogP) is 2.49. The van der Waals surface area contributed by atoms with Crippen LogP contribution >= 0.6 is 0 Å². The first kappa shape index (κ1) is 15.9. The highest BCUT2D eigenvalue weighted by Crippen LogP contribution is 2.21. The lowest BCUT2D eigenvalue weighted by atomic mass is 10.1. The average molecular weight is 337 g/mol. The molecule has 0 fully saturated rings. The molecule has 6 heteroatoms. The predicted molar refractivity (Wildman–Crippen MR) is 95.3 cm³/mol. The van der Waals surface area contributed by atoms with Crippen molar-refractivity contribution in [1.82, 2.24) is 24.9 Å². The first-order chi connectivity index (χ1) is 12.2. The molecular weight excluding hydrogens is 314 g/mol. The van der Waals surface area contributed by atoms with E-state index in [0.717, 1.165) is 35.4 Å². The van der Waals surface area contributed by atoms with Gasteiger partial charge in [0.1, 0.15) is 5.65 Å². The van der Waals surface area contributed by atoms with Crippen LogP contribution in [0.1, 0.15) is 47.5 Å². The average Bonchev–Trinajstić information content (AvgIpc) is 3.11. The third-order valence-electron chi connectivity index (χ3n) is 4.99. The number of nitrogens with zero attached hydrogens (tertiary/aromatic N) is 3. The van der Waals surface area contributed by atoms with E-state index in [0.29, 0.717) is 13.0 Å². The summed E-state index contributed by atoms with van der Waals surface area (Å²) in [7, 11) is 0. The Hall–Kier alpha value is -2.63. The summed E-state index contributed by atoms with van der Waals surface area (Å²) < 4.78 is 1.98. The van der Waals surface area contributed by atoms with Gasteiger partial charge in [0.05, 0.1) is 24.4 Å². The van der Waals surface area contributed by atoms with Crippen molar-refractivity contribution in [3.05, 3.63) is 52.7 Å². The van der Waals surface area contributed by atoms with Gasteiger partial charge in [0.2, 0.25) is 5.91 Å². The van der Waals surface area contributed by atoms with Crippen LogP contribution in [-0.4, -0.2) is 25.5 Å². The molecule has 0 spiro atoms. The molecule has 4 rings (SSSR count). The Balaban J connectivity index is 1.43. The molecule has 0 bridgehead atoms. The molecular formula is C19H23N5O. The first-order valence-electron chi connectivity index (χ1n) is 8.95. The molecule has 0 aliphatic heterocycles. The van der Waals surface area contributed by atoms with E-state index in [1.54, 1.807) is 6.20 Å². The van der Waals surface area contributed by atoms with Crippen molar-refractivity contribution in [2.45, 2.75) is 52.0 Å². The van der Waals surface area contributed by atoms with Gasteiger partial charge in [-0.3, -0.25) is 9.89 Å². The molecule has 25 heavy (non-hydrogen) atoms. The summed E-state index contributed by atoms with van der Waals surface area (Å²) in [5.41, 5.74) is 6.45. The lowest BCUT2D eigenvalue weighted by Gasteiger charge is -2.06. The number of aryl methyl sites for hydroxylation is 2. The maximum atomic E-state index is 12.4. The molecule has 6 nitrogen and oxygen atoms in total. The van der Waals surface area contributed by atoms with Gasteiger partial charge in [-0.25, -0.2) is 4.98 Å². The largest absolute Gasteiger partial charge is 0.350 e. The van der Waals surface area contributed by atoms with Gasteiger partial charge in [0.15, 0.2) is 0 Å². The third kappa shape index (κ3) is 3.16. The second-order valence-corrected chi connectivity index (χ2v) is 6.78. The molecule has 1 aliphatic carbocycles. The normalized spacial score (nSPS) is 14.3. The van der Waals surface area contributed by atoms with Crippen molar-refractivity contribution in [3.8, 4) is 0 Å². The number of aromatic amines is 1. The number of imidazole rings is 1. The molecule has 2 N–H and O–H groups in total. The van der Waals surface area contributed by atoms with Crippen molar-refractivity contribution in [2.75, 3.05) is 0 Å². The molecule has 0 unspecified atom stereocenters. The van der Waals surface area contributed by atoms with E-state index in [9.17, 15) is 4.79 Å². The summed E-state index contributed by atoms with van der Waals surface area (Å²) >= 11 is 0.